The summed E-state index contributed by atoms with van der Waals surface area (Å²) in [5.74, 6) is -0.990. The third-order valence-electron chi connectivity index (χ3n) is 5.18. The van der Waals surface area contributed by atoms with Crippen molar-refractivity contribution in [2.45, 2.75) is 17.7 Å². The van der Waals surface area contributed by atoms with E-state index >= 15 is 0 Å². The minimum absolute atomic E-state index is 0.00833. The lowest BCUT2D eigenvalue weighted by molar-refractivity contribution is -0.125. The molecule has 7 nitrogen and oxygen atoms in total. The van der Waals surface area contributed by atoms with E-state index in [0.717, 1.165) is 12.8 Å². The Hall–Kier alpha value is -2.84. The lowest BCUT2D eigenvalue weighted by Gasteiger charge is -2.30. The van der Waals surface area contributed by atoms with E-state index in [1.807, 2.05) is 0 Å². The van der Waals surface area contributed by atoms with Gasteiger partial charge in [-0.2, -0.15) is 0 Å². The Morgan fingerprint density at radius 1 is 1.03 bits per heavy atom. The van der Waals surface area contributed by atoms with E-state index in [1.165, 1.54) is 31.5 Å². The fourth-order valence-electron chi connectivity index (χ4n) is 3.62. The second-order valence-corrected chi connectivity index (χ2v) is 9.34. The highest BCUT2D eigenvalue weighted by Crippen LogP contribution is 2.41. The number of amides is 1. The minimum Gasteiger partial charge on any atom is -0.465 e. The summed E-state index contributed by atoms with van der Waals surface area (Å²) in [6, 6.07) is 10.9. The first-order valence-electron chi connectivity index (χ1n) is 9.36. The van der Waals surface area contributed by atoms with Crippen LogP contribution in [-0.4, -0.2) is 45.4 Å². The third-order valence-corrected chi connectivity index (χ3v) is 7.19. The molecule has 0 aromatic heterocycles. The second-order valence-electron chi connectivity index (χ2n) is 7.02. The highest BCUT2D eigenvalue weighted by Gasteiger charge is 2.38. The Bertz CT molecular complexity index is 1150. The summed E-state index contributed by atoms with van der Waals surface area (Å²) < 4.78 is 31.2. The highest BCUT2D eigenvalue weighted by atomic mass is 35.5. The van der Waals surface area contributed by atoms with Gasteiger partial charge < -0.3 is 14.5 Å². The number of carbonyl (C=O) groups excluding carboxylic acids is 2. The molecule has 4 rings (SSSR count). The molecule has 0 spiro atoms. The van der Waals surface area contributed by atoms with Crippen molar-refractivity contribution in [3.63, 3.8) is 0 Å². The van der Waals surface area contributed by atoms with Crippen molar-refractivity contribution in [3.05, 3.63) is 64.2 Å². The van der Waals surface area contributed by atoms with Crippen LogP contribution in [0, 0.1) is 0 Å². The number of nitrogens with zero attached hydrogens (tertiary/aromatic N) is 2. The summed E-state index contributed by atoms with van der Waals surface area (Å²) in [5, 5.41) is 0.364. The first-order chi connectivity index (χ1) is 14.3. The quantitative estimate of drug-likeness (QED) is 0.671. The van der Waals surface area contributed by atoms with Crippen LogP contribution < -0.4 is 4.90 Å². The molecule has 2 aliphatic rings. The van der Waals surface area contributed by atoms with Crippen LogP contribution in [0.15, 0.2) is 58.5 Å². The number of carbonyl (C=O) groups is 2. The number of likely N-dealkylation sites (tertiary alicyclic amines) is 1. The van der Waals surface area contributed by atoms with Crippen molar-refractivity contribution in [1.29, 1.82) is 0 Å². The standard InChI is InChI=1S/C21H19ClN2O5S/c1-29-21(26)14-4-7-16(8-5-14)24-13-19(20(25)23-10-2-3-11-23)30(27,28)18-9-6-15(22)12-17(18)24/h4-9,12-13H,2-3,10-11H2,1H3. The molecule has 156 valence electrons. The number of benzene rings is 2. The topological polar surface area (TPSA) is 84.0 Å². The molecular weight excluding hydrogens is 428 g/mol. The van der Waals surface area contributed by atoms with Gasteiger partial charge in [0.05, 0.1) is 23.3 Å². The van der Waals surface area contributed by atoms with E-state index in [4.69, 9.17) is 16.3 Å². The Morgan fingerprint density at radius 3 is 2.33 bits per heavy atom. The van der Waals surface area contributed by atoms with Crippen LogP contribution in [0.4, 0.5) is 11.4 Å². The molecule has 30 heavy (non-hydrogen) atoms. The molecule has 2 aromatic carbocycles. The first-order valence-corrected chi connectivity index (χ1v) is 11.2. The zero-order valence-corrected chi connectivity index (χ0v) is 17.7. The SMILES string of the molecule is COC(=O)c1ccc(N2C=C(C(=O)N3CCCC3)S(=O)(=O)c3ccc(Cl)cc32)cc1. The molecule has 9 heteroatoms. The number of methoxy groups -OCH3 is 1. The van der Waals surface area contributed by atoms with Crippen molar-refractivity contribution in [2.24, 2.45) is 0 Å². The zero-order valence-electron chi connectivity index (χ0n) is 16.2. The van der Waals surface area contributed by atoms with Crippen LogP contribution >= 0.6 is 11.6 Å². The number of esters is 1. The fraction of sp³-hybridized carbons (Fsp3) is 0.238. The van der Waals surface area contributed by atoms with Gasteiger partial charge >= 0.3 is 5.97 Å². The van der Waals surface area contributed by atoms with Gasteiger partial charge in [0.1, 0.15) is 0 Å². The van der Waals surface area contributed by atoms with Crippen LogP contribution in [-0.2, 0) is 19.4 Å². The lowest BCUT2D eigenvalue weighted by Crippen LogP contribution is -2.35. The van der Waals surface area contributed by atoms with Gasteiger partial charge in [-0.15, -0.1) is 0 Å². The van der Waals surface area contributed by atoms with E-state index in [-0.39, 0.29) is 9.80 Å². The molecule has 0 aliphatic carbocycles. The maximum atomic E-state index is 13.2. The summed E-state index contributed by atoms with van der Waals surface area (Å²) in [5.41, 5.74) is 1.27. The predicted molar refractivity (Wildman–Crippen MR) is 112 cm³/mol. The highest BCUT2D eigenvalue weighted by molar-refractivity contribution is 7.96. The number of halogens is 1. The summed E-state index contributed by atoms with van der Waals surface area (Å²) in [7, 11) is -2.71. The van der Waals surface area contributed by atoms with E-state index in [0.29, 0.717) is 35.1 Å². The number of hydrogen-bond donors (Lipinski definition) is 0. The van der Waals surface area contributed by atoms with Gasteiger partial charge in [-0.1, -0.05) is 11.6 Å². The van der Waals surface area contributed by atoms with Gasteiger partial charge in [0.25, 0.3) is 5.91 Å². The van der Waals surface area contributed by atoms with Crippen LogP contribution in [0.3, 0.4) is 0 Å². The van der Waals surface area contributed by atoms with Gasteiger partial charge in [0.15, 0.2) is 4.91 Å². The summed E-state index contributed by atoms with van der Waals surface area (Å²) >= 11 is 6.13. The van der Waals surface area contributed by atoms with Crippen LogP contribution in [0.25, 0.3) is 0 Å². The number of hydrogen-bond acceptors (Lipinski definition) is 6. The lowest BCUT2D eigenvalue weighted by atomic mass is 10.1. The van der Waals surface area contributed by atoms with Gasteiger partial charge in [-0.25, -0.2) is 13.2 Å². The predicted octanol–water partition coefficient (Wildman–Crippen LogP) is 3.52. The average molecular weight is 447 g/mol. The largest absolute Gasteiger partial charge is 0.465 e. The van der Waals surface area contributed by atoms with E-state index in [2.05, 4.69) is 0 Å². The van der Waals surface area contributed by atoms with E-state index in [1.54, 1.807) is 34.1 Å². The van der Waals surface area contributed by atoms with Gasteiger partial charge in [0, 0.05) is 30.0 Å². The molecule has 2 heterocycles. The molecule has 2 aliphatic heterocycles. The van der Waals surface area contributed by atoms with Crippen molar-refractivity contribution in [1.82, 2.24) is 4.90 Å². The molecule has 0 N–H and O–H groups in total. The summed E-state index contributed by atoms with van der Waals surface area (Å²) in [6.07, 6.45) is 3.04. The molecule has 0 radical (unpaired) electrons. The summed E-state index contributed by atoms with van der Waals surface area (Å²) in [4.78, 5) is 27.6. The molecule has 0 saturated carbocycles. The Morgan fingerprint density at radius 2 is 1.70 bits per heavy atom. The van der Waals surface area contributed by atoms with Crippen molar-refractivity contribution in [3.8, 4) is 0 Å². The second kappa shape index (κ2) is 7.77. The number of sulfone groups is 1. The van der Waals surface area contributed by atoms with Crippen molar-refractivity contribution < 1.29 is 22.7 Å². The molecule has 0 bridgehead atoms. The Balaban J connectivity index is 1.84. The number of fused-ring (bicyclic) bond motifs is 1. The molecule has 0 unspecified atom stereocenters. The first kappa shape index (κ1) is 20.4. The number of ether oxygens (including phenoxy) is 1. The maximum Gasteiger partial charge on any atom is 0.337 e. The fourth-order valence-corrected chi connectivity index (χ4v) is 5.30. The van der Waals surface area contributed by atoms with Gasteiger partial charge in [0.2, 0.25) is 9.84 Å². The molecule has 2 aromatic rings. The van der Waals surface area contributed by atoms with Crippen molar-refractivity contribution in [2.75, 3.05) is 25.1 Å². The minimum atomic E-state index is -4.01. The van der Waals surface area contributed by atoms with Crippen molar-refractivity contribution >= 4 is 44.7 Å². The van der Waals surface area contributed by atoms with E-state index in [9.17, 15) is 18.0 Å². The van der Waals surface area contributed by atoms with Gasteiger partial charge in [-0.05, 0) is 55.3 Å². The molecule has 0 atom stereocenters. The molecule has 1 amide bonds. The van der Waals surface area contributed by atoms with Gasteiger partial charge in [-0.3, -0.25) is 4.79 Å². The van der Waals surface area contributed by atoms with Crippen LogP contribution in [0.2, 0.25) is 5.02 Å². The van der Waals surface area contributed by atoms with E-state index < -0.39 is 21.7 Å². The van der Waals surface area contributed by atoms with Crippen LogP contribution in [0.5, 0.6) is 0 Å². The Labute approximate surface area is 179 Å². The third kappa shape index (κ3) is 3.46. The Kier molecular flexibility index (Phi) is 5.29. The maximum absolute atomic E-state index is 13.2. The normalized spacial score (nSPS) is 17.3. The summed E-state index contributed by atoms with van der Waals surface area (Å²) in [6.45, 7) is 1.07. The average Bonchev–Trinajstić information content (AvgIpc) is 3.28. The molecular formula is C21H19ClN2O5S. The zero-order chi connectivity index (χ0) is 21.5. The molecule has 1 saturated heterocycles. The number of rotatable bonds is 3. The smallest absolute Gasteiger partial charge is 0.337 e. The molecule has 1 fully saturated rings. The number of anilines is 2. The van der Waals surface area contributed by atoms with Crippen LogP contribution in [0.1, 0.15) is 23.2 Å². The monoisotopic (exact) mass is 446 g/mol.